The van der Waals surface area contributed by atoms with Crippen molar-refractivity contribution in [3.8, 4) is 0 Å². The van der Waals surface area contributed by atoms with Crippen molar-refractivity contribution in [2.75, 3.05) is 5.73 Å². The van der Waals surface area contributed by atoms with E-state index in [4.69, 9.17) is 5.73 Å². The zero-order valence-corrected chi connectivity index (χ0v) is 11.3. The first-order chi connectivity index (χ1) is 10.3. The van der Waals surface area contributed by atoms with E-state index in [1.54, 1.807) is 0 Å². The van der Waals surface area contributed by atoms with Crippen molar-refractivity contribution in [2.45, 2.75) is 13.1 Å². The summed E-state index contributed by atoms with van der Waals surface area (Å²) in [5.74, 6) is -0.765. The number of nitrogens with one attached hydrogen (secondary N) is 1. The number of carbonyl (C=O) groups excluding carboxylic acids is 1. The summed E-state index contributed by atoms with van der Waals surface area (Å²) in [7, 11) is 0. The van der Waals surface area contributed by atoms with Gasteiger partial charge in [-0.25, -0.2) is 5.43 Å². The highest BCUT2D eigenvalue weighted by molar-refractivity contribution is 5.99. The van der Waals surface area contributed by atoms with E-state index in [1.165, 1.54) is 25.3 Å². The van der Waals surface area contributed by atoms with Crippen LogP contribution in [0.5, 0.6) is 0 Å². The molecule has 2 aromatic rings. The van der Waals surface area contributed by atoms with Crippen LogP contribution in [-0.4, -0.2) is 17.3 Å². The van der Waals surface area contributed by atoms with Crippen LogP contribution in [0, 0.1) is 6.92 Å². The van der Waals surface area contributed by atoms with Gasteiger partial charge in [-0.15, -0.1) is 0 Å². The fourth-order valence-corrected chi connectivity index (χ4v) is 1.64. The number of rotatable bonds is 3. The predicted molar refractivity (Wildman–Crippen MR) is 72.2 cm³/mol. The monoisotopic (exact) mass is 312 g/mol. The zero-order valence-electron chi connectivity index (χ0n) is 11.3. The van der Waals surface area contributed by atoms with Gasteiger partial charge in [-0.3, -0.25) is 4.79 Å². The van der Waals surface area contributed by atoms with Crippen molar-refractivity contribution in [3.05, 3.63) is 46.6 Å². The molecule has 0 unspecified atom stereocenters. The van der Waals surface area contributed by atoms with Gasteiger partial charge in [0.2, 0.25) is 5.88 Å². The van der Waals surface area contributed by atoms with E-state index in [-0.39, 0.29) is 11.4 Å². The van der Waals surface area contributed by atoms with Crippen molar-refractivity contribution in [2.24, 2.45) is 5.10 Å². The minimum Gasteiger partial charge on any atom is -0.367 e. The molecule has 0 atom stereocenters. The van der Waals surface area contributed by atoms with Crippen molar-refractivity contribution in [1.29, 1.82) is 0 Å². The molecule has 0 aliphatic heterocycles. The Morgan fingerprint density at radius 3 is 2.50 bits per heavy atom. The van der Waals surface area contributed by atoms with Crippen LogP contribution in [0.1, 0.15) is 27.2 Å². The molecule has 6 nitrogen and oxygen atoms in total. The van der Waals surface area contributed by atoms with Crippen molar-refractivity contribution in [1.82, 2.24) is 10.6 Å². The number of hydrogen-bond donors (Lipinski definition) is 2. The standard InChI is InChI=1S/C13H11F3N4O2/c1-7-10(11(17)22-20-7)12(21)19-18-6-8-2-4-9(5-3-8)13(14,15)16/h2-6H,17H2,1H3,(H,19,21)/b18-6+. The van der Waals surface area contributed by atoms with Gasteiger partial charge < -0.3 is 10.3 Å². The number of nitrogens with zero attached hydrogens (tertiary/aromatic N) is 2. The van der Waals surface area contributed by atoms with Crippen LogP contribution in [0.3, 0.4) is 0 Å². The number of carbonyl (C=O) groups is 1. The molecule has 0 bridgehead atoms. The topological polar surface area (TPSA) is 93.5 Å². The molecule has 1 aromatic carbocycles. The Balaban J connectivity index is 2.02. The molecule has 0 saturated heterocycles. The fourth-order valence-electron chi connectivity index (χ4n) is 1.64. The Labute approximate surface area is 122 Å². The SMILES string of the molecule is Cc1noc(N)c1C(=O)N/N=C/c1ccc(C(F)(F)F)cc1. The molecule has 22 heavy (non-hydrogen) atoms. The van der Waals surface area contributed by atoms with Crippen molar-refractivity contribution < 1.29 is 22.5 Å². The second-order valence-corrected chi connectivity index (χ2v) is 4.33. The van der Waals surface area contributed by atoms with E-state index in [9.17, 15) is 18.0 Å². The summed E-state index contributed by atoms with van der Waals surface area (Å²) in [6.45, 7) is 1.54. The second-order valence-electron chi connectivity index (χ2n) is 4.33. The van der Waals surface area contributed by atoms with Crippen molar-refractivity contribution >= 4 is 18.0 Å². The summed E-state index contributed by atoms with van der Waals surface area (Å²) in [6, 6.07) is 4.31. The number of nitrogen functional groups attached to an aromatic ring is 1. The fraction of sp³-hybridized carbons (Fsp3) is 0.154. The number of aryl methyl sites for hydroxylation is 1. The van der Waals surface area contributed by atoms with Crippen LogP contribution in [0.4, 0.5) is 19.1 Å². The third-order valence-electron chi connectivity index (χ3n) is 2.73. The Morgan fingerprint density at radius 2 is 2.00 bits per heavy atom. The highest BCUT2D eigenvalue weighted by Gasteiger charge is 2.29. The zero-order chi connectivity index (χ0) is 16.3. The molecule has 0 spiro atoms. The maximum absolute atomic E-state index is 12.4. The Kier molecular flexibility index (Phi) is 4.15. The van der Waals surface area contributed by atoms with Crippen LogP contribution in [0.15, 0.2) is 33.9 Å². The molecular weight excluding hydrogens is 301 g/mol. The molecule has 0 saturated carbocycles. The summed E-state index contributed by atoms with van der Waals surface area (Å²) < 4.78 is 41.8. The average Bonchev–Trinajstić information content (AvgIpc) is 2.77. The van der Waals surface area contributed by atoms with Gasteiger partial charge in [-0.1, -0.05) is 17.3 Å². The lowest BCUT2D eigenvalue weighted by Gasteiger charge is -2.05. The minimum absolute atomic E-state index is 0.0598. The Bertz CT molecular complexity index is 686. The molecule has 0 radical (unpaired) electrons. The maximum Gasteiger partial charge on any atom is 0.416 e. The minimum atomic E-state index is -4.40. The van der Waals surface area contributed by atoms with Gasteiger partial charge >= 0.3 is 6.18 Å². The number of benzene rings is 1. The average molecular weight is 312 g/mol. The van der Waals surface area contributed by atoms with E-state index in [0.29, 0.717) is 11.3 Å². The Hall–Kier alpha value is -2.84. The quantitative estimate of drug-likeness (QED) is 0.672. The number of hydrogen-bond acceptors (Lipinski definition) is 5. The molecule has 2 rings (SSSR count). The molecule has 0 aliphatic carbocycles. The summed E-state index contributed by atoms with van der Waals surface area (Å²) in [5.41, 5.74) is 7.62. The first-order valence-corrected chi connectivity index (χ1v) is 6.01. The van der Waals surface area contributed by atoms with E-state index in [0.717, 1.165) is 12.1 Å². The molecule has 116 valence electrons. The number of halogens is 3. The normalized spacial score (nSPS) is 11.8. The van der Waals surface area contributed by atoms with Gasteiger partial charge in [0.05, 0.1) is 17.5 Å². The largest absolute Gasteiger partial charge is 0.416 e. The van der Waals surface area contributed by atoms with Gasteiger partial charge in [0.15, 0.2) is 0 Å². The summed E-state index contributed by atoms with van der Waals surface area (Å²) >= 11 is 0. The van der Waals surface area contributed by atoms with Crippen LogP contribution >= 0.6 is 0 Å². The van der Waals surface area contributed by atoms with Crippen LogP contribution in [0.2, 0.25) is 0 Å². The van der Waals surface area contributed by atoms with Crippen molar-refractivity contribution in [3.63, 3.8) is 0 Å². The van der Waals surface area contributed by atoms with E-state index in [1.807, 2.05) is 0 Å². The third-order valence-corrected chi connectivity index (χ3v) is 2.73. The first kappa shape index (κ1) is 15.5. The lowest BCUT2D eigenvalue weighted by molar-refractivity contribution is -0.137. The number of anilines is 1. The van der Waals surface area contributed by atoms with Gasteiger partial charge in [0.25, 0.3) is 5.91 Å². The first-order valence-electron chi connectivity index (χ1n) is 6.01. The molecule has 1 amide bonds. The lowest BCUT2D eigenvalue weighted by atomic mass is 10.1. The molecule has 0 aliphatic rings. The van der Waals surface area contributed by atoms with Gasteiger partial charge in [0, 0.05) is 0 Å². The second kappa shape index (κ2) is 5.88. The molecular formula is C13H11F3N4O2. The molecule has 9 heteroatoms. The predicted octanol–water partition coefficient (Wildman–Crippen LogP) is 2.35. The van der Waals surface area contributed by atoms with Gasteiger partial charge in [0.1, 0.15) is 5.56 Å². The third kappa shape index (κ3) is 3.43. The highest BCUT2D eigenvalue weighted by atomic mass is 19.4. The van der Waals surface area contributed by atoms with Gasteiger partial charge in [-0.05, 0) is 24.6 Å². The molecule has 1 heterocycles. The smallest absolute Gasteiger partial charge is 0.367 e. The van der Waals surface area contributed by atoms with E-state index >= 15 is 0 Å². The highest BCUT2D eigenvalue weighted by Crippen LogP contribution is 2.28. The van der Waals surface area contributed by atoms with E-state index in [2.05, 4.69) is 20.2 Å². The van der Waals surface area contributed by atoms with Gasteiger partial charge in [-0.2, -0.15) is 18.3 Å². The van der Waals surface area contributed by atoms with Crippen LogP contribution < -0.4 is 11.2 Å². The number of alkyl halides is 3. The number of nitrogens with two attached hydrogens (primary N) is 1. The van der Waals surface area contributed by atoms with Crippen LogP contribution in [-0.2, 0) is 6.18 Å². The number of amides is 1. The van der Waals surface area contributed by atoms with Crippen LogP contribution in [0.25, 0.3) is 0 Å². The maximum atomic E-state index is 12.4. The summed E-state index contributed by atoms with van der Waals surface area (Å²) in [5, 5.41) is 7.16. The molecule has 3 N–H and O–H groups in total. The van der Waals surface area contributed by atoms with E-state index < -0.39 is 17.6 Å². The summed E-state index contributed by atoms with van der Waals surface area (Å²) in [6.07, 6.45) is -3.19. The lowest BCUT2D eigenvalue weighted by Crippen LogP contribution is -2.19. The number of aromatic nitrogens is 1. The summed E-state index contributed by atoms with van der Waals surface area (Å²) in [4.78, 5) is 11.8. The number of hydrazone groups is 1. The molecule has 1 aromatic heterocycles. The Morgan fingerprint density at radius 1 is 1.36 bits per heavy atom. The molecule has 0 fully saturated rings.